The molecule has 1 aromatic carbocycles. The summed E-state index contributed by atoms with van der Waals surface area (Å²) in [6.07, 6.45) is 0.781. The summed E-state index contributed by atoms with van der Waals surface area (Å²) in [6, 6.07) is 3.41. The van der Waals surface area contributed by atoms with E-state index in [1.807, 2.05) is 0 Å². The van der Waals surface area contributed by atoms with E-state index in [2.05, 4.69) is 21.3 Å². The number of benzene rings is 1. The molecule has 0 aromatic heterocycles. The Hall–Kier alpha value is -4.36. The van der Waals surface area contributed by atoms with Crippen LogP contribution in [-0.4, -0.2) is 76.5 Å². The lowest BCUT2D eigenvalue weighted by Crippen LogP contribution is -2.53. The number of aliphatic carboxylic acids is 1. The number of nitrogens with one attached hydrogen (secondary N) is 4. The van der Waals surface area contributed by atoms with Crippen LogP contribution in [0.15, 0.2) is 24.3 Å². The van der Waals surface area contributed by atoms with Crippen molar-refractivity contribution in [1.82, 2.24) is 21.3 Å². The highest BCUT2D eigenvalue weighted by Crippen LogP contribution is 2.15. The third-order valence-corrected chi connectivity index (χ3v) is 6.09. The lowest BCUT2D eigenvalue weighted by Gasteiger charge is -2.27. The summed E-state index contributed by atoms with van der Waals surface area (Å²) in [7, 11) is 0. The fraction of sp³-hybridized carbons (Fsp3) is 0.647. The maximum absolute atomic E-state index is 13.1. The van der Waals surface area contributed by atoms with Crippen LogP contribution in [0.1, 0.15) is 106 Å². The summed E-state index contributed by atoms with van der Waals surface area (Å²) in [5, 5.41) is 19.4. The summed E-state index contributed by atoms with van der Waals surface area (Å²) in [5.41, 5.74) is -0.924. The predicted molar refractivity (Wildman–Crippen MR) is 178 cm³/mol. The van der Waals surface area contributed by atoms with E-state index < -0.39 is 64.8 Å². The molecule has 0 aliphatic rings. The molecule has 0 heterocycles. The average molecular weight is 679 g/mol. The van der Waals surface area contributed by atoms with E-state index in [0.717, 1.165) is 5.56 Å². The first-order valence-electron chi connectivity index (χ1n) is 16.1. The second-order valence-corrected chi connectivity index (χ2v) is 14.4. The van der Waals surface area contributed by atoms with Crippen LogP contribution in [0.4, 0.5) is 9.59 Å². The molecule has 0 spiro atoms. The number of carbonyl (C=O) groups is 6. The fourth-order valence-corrected chi connectivity index (χ4v) is 4.13. The van der Waals surface area contributed by atoms with Gasteiger partial charge in [-0.3, -0.25) is 9.59 Å². The Bertz CT molecular complexity index is 1240. The third-order valence-electron chi connectivity index (χ3n) is 6.09. The zero-order valence-electron chi connectivity index (χ0n) is 29.7. The Morgan fingerprint density at radius 3 is 1.60 bits per heavy atom. The van der Waals surface area contributed by atoms with Gasteiger partial charge in [0, 0.05) is 19.5 Å². The van der Waals surface area contributed by atoms with Crippen molar-refractivity contribution >= 4 is 35.9 Å². The van der Waals surface area contributed by atoms with Crippen LogP contribution in [0.3, 0.4) is 0 Å². The first-order chi connectivity index (χ1) is 22.0. The topological polar surface area (TPSA) is 198 Å². The van der Waals surface area contributed by atoms with Crippen molar-refractivity contribution in [3.05, 3.63) is 35.4 Å². The fourth-order valence-electron chi connectivity index (χ4n) is 4.13. The predicted octanol–water partition coefficient (Wildman–Crippen LogP) is 4.12. The van der Waals surface area contributed by atoms with Gasteiger partial charge in [0.1, 0.15) is 28.9 Å². The number of carboxylic acids is 1. The number of unbranched alkanes of at least 4 members (excludes halogenated alkanes) is 1. The molecular weight excluding hydrogens is 624 g/mol. The van der Waals surface area contributed by atoms with Gasteiger partial charge in [0.05, 0.1) is 6.42 Å². The molecule has 0 aliphatic carbocycles. The van der Waals surface area contributed by atoms with Gasteiger partial charge in [-0.2, -0.15) is 0 Å². The van der Waals surface area contributed by atoms with Gasteiger partial charge >= 0.3 is 35.9 Å². The van der Waals surface area contributed by atoms with E-state index in [0.29, 0.717) is 24.9 Å². The van der Waals surface area contributed by atoms with Gasteiger partial charge in [0.15, 0.2) is 0 Å². The van der Waals surface area contributed by atoms with E-state index >= 15 is 0 Å². The second-order valence-electron chi connectivity index (χ2n) is 14.4. The number of carbonyl (C=O) groups excluding carboxylic acids is 5. The van der Waals surface area contributed by atoms with Crippen molar-refractivity contribution in [3.8, 4) is 0 Å². The Morgan fingerprint density at radius 1 is 0.646 bits per heavy atom. The molecule has 270 valence electrons. The highest BCUT2D eigenvalue weighted by atomic mass is 16.6. The van der Waals surface area contributed by atoms with Crippen molar-refractivity contribution < 1.29 is 48.1 Å². The number of hydrogen-bond acceptors (Lipinski definition) is 9. The van der Waals surface area contributed by atoms with Crippen molar-refractivity contribution in [1.29, 1.82) is 0 Å². The largest absolute Gasteiger partial charge is 0.481 e. The maximum Gasteiger partial charge on any atom is 0.329 e. The van der Waals surface area contributed by atoms with E-state index in [4.69, 9.17) is 19.3 Å². The van der Waals surface area contributed by atoms with Gasteiger partial charge in [-0.05, 0) is 99.1 Å². The minimum atomic E-state index is -1.19. The molecule has 0 saturated carbocycles. The molecule has 14 heteroatoms. The summed E-state index contributed by atoms with van der Waals surface area (Å²) >= 11 is 0. The van der Waals surface area contributed by atoms with Crippen LogP contribution in [0.25, 0.3) is 0 Å². The van der Waals surface area contributed by atoms with Crippen LogP contribution in [0.2, 0.25) is 0 Å². The van der Waals surface area contributed by atoms with E-state index in [9.17, 15) is 28.8 Å². The van der Waals surface area contributed by atoms with Crippen LogP contribution < -0.4 is 21.3 Å². The highest BCUT2D eigenvalue weighted by Gasteiger charge is 2.31. The first-order valence-corrected chi connectivity index (χ1v) is 16.1. The summed E-state index contributed by atoms with van der Waals surface area (Å²) in [5.74, 6) is -2.87. The molecule has 1 aromatic rings. The Balaban J connectivity index is 2.75. The van der Waals surface area contributed by atoms with Crippen LogP contribution in [0, 0.1) is 0 Å². The molecule has 4 amide bonds. The average Bonchev–Trinajstić information content (AvgIpc) is 2.90. The molecule has 2 atom stereocenters. The Morgan fingerprint density at radius 2 is 1.12 bits per heavy atom. The van der Waals surface area contributed by atoms with Crippen molar-refractivity contribution in [2.24, 2.45) is 0 Å². The van der Waals surface area contributed by atoms with Crippen molar-refractivity contribution in [2.75, 3.05) is 6.54 Å². The second kappa shape index (κ2) is 18.8. The molecule has 0 bridgehead atoms. The van der Waals surface area contributed by atoms with Gasteiger partial charge in [-0.25, -0.2) is 19.2 Å². The van der Waals surface area contributed by atoms with Crippen LogP contribution in [0.5, 0.6) is 0 Å². The number of urea groups is 2. The van der Waals surface area contributed by atoms with Gasteiger partial charge in [0.25, 0.3) is 0 Å². The number of hydrogen-bond donors (Lipinski definition) is 5. The quantitative estimate of drug-likeness (QED) is 0.0963. The summed E-state index contributed by atoms with van der Waals surface area (Å²) < 4.78 is 16.3. The highest BCUT2D eigenvalue weighted by molar-refractivity contribution is 5.87. The van der Waals surface area contributed by atoms with Crippen LogP contribution >= 0.6 is 0 Å². The molecule has 0 radical (unpaired) electrons. The van der Waals surface area contributed by atoms with E-state index in [-0.39, 0.29) is 32.2 Å². The molecular formula is C34H54N4O10. The van der Waals surface area contributed by atoms with E-state index in [1.165, 1.54) is 0 Å². The summed E-state index contributed by atoms with van der Waals surface area (Å²) in [6.45, 7) is 15.8. The zero-order chi connectivity index (χ0) is 36.7. The van der Waals surface area contributed by atoms with Crippen molar-refractivity contribution in [2.45, 2.75) is 136 Å². The molecule has 0 saturated heterocycles. The SMILES string of the molecule is CC(C)(C)OC(=O)CCC(NC(=O)NC(CCCCNC(=O)NCc1ccc(CC(=O)O)cc1)C(=O)OC(C)(C)C)C(=O)OC(C)(C)C. The smallest absolute Gasteiger partial charge is 0.329 e. The van der Waals surface area contributed by atoms with Gasteiger partial charge in [0.2, 0.25) is 0 Å². The Kier molecular flexibility index (Phi) is 16.4. The molecule has 2 unspecified atom stereocenters. The molecule has 1 rings (SSSR count). The lowest BCUT2D eigenvalue weighted by atomic mass is 10.1. The minimum absolute atomic E-state index is 0.0778. The molecule has 48 heavy (non-hydrogen) atoms. The standard InChI is InChI=1S/C34H54N4O10/c1-32(2,3)46-27(41)18-17-25(29(43)48-34(7,8)9)38-31(45)37-24(28(42)47-33(4,5)6)12-10-11-19-35-30(44)36-21-23-15-13-22(14-16-23)20-26(39)40/h13-16,24-25H,10-12,17-21H2,1-9H3,(H,39,40)(H2,35,36,44)(H2,37,38,45). The lowest BCUT2D eigenvalue weighted by molar-refractivity contribution is -0.159. The number of ether oxygens (including phenoxy) is 3. The number of carboxylic acid groups (broad SMARTS) is 1. The third kappa shape index (κ3) is 20.0. The molecule has 5 N–H and O–H groups in total. The van der Waals surface area contributed by atoms with Crippen molar-refractivity contribution in [3.63, 3.8) is 0 Å². The van der Waals surface area contributed by atoms with Gasteiger partial charge in [-0.15, -0.1) is 0 Å². The molecule has 0 fully saturated rings. The molecule has 14 nitrogen and oxygen atoms in total. The van der Waals surface area contributed by atoms with Crippen LogP contribution in [-0.2, 0) is 46.4 Å². The number of rotatable bonds is 16. The first kappa shape index (κ1) is 41.7. The van der Waals surface area contributed by atoms with Gasteiger partial charge < -0.3 is 40.6 Å². The zero-order valence-corrected chi connectivity index (χ0v) is 29.7. The normalized spacial score (nSPS) is 12.9. The van der Waals surface area contributed by atoms with E-state index in [1.54, 1.807) is 86.6 Å². The van der Waals surface area contributed by atoms with Gasteiger partial charge in [-0.1, -0.05) is 24.3 Å². The monoisotopic (exact) mass is 678 g/mol. The molecule has 0 aliphatic heterocycles. The number of esters is 3. The maximum atomic E-state index is 13.1. The summed E-state index contributed by atoms with van der Waals surface area (Å²) in [4.78, 5) is 74.3. The minimum Gasteiger partial charge on any atom is -0.481 e. The number of amides is 4. The Labute approximate surface area is 283 Å².